The predicted octanol–water partition coefficient (Wildman–Crippen LogP) is 5.91. The molecule has 0 aliphatic heterocycles. The largest absolute Gasteiger partial charge is 0.496 e. The molecular weight excluding hydrogens is 264 g/mol. The van der Waals surface area contributed by atoms with Crippen molar-refractivity contribution >= 4 is 22.5 Å². The number of ether oxygens (including phenoxy) is 1. The van der Waals surface area contributed by atoms with Crippen LogP contribution in [0.3, 0.4) is 0 Å². The van der Waals surface area contributed by atoms with Crippen LogP contribution < -0.4 is 4.74 Å². The lowest BCUT2D eigenvalue weighted by Crippen LogP contribution is -1.89. The highest BCUT2D eigenvalue weighted by Crippen LogP contribution is 2.36. The highest BCUT2D eigenvalue weighted by molar-refractivity contribution is 7.99. The summed E-state index contributed by atoms with van der Waals surface area (Å²) in [4.78, 5) is 1.29. The monoisotopic (exact) mass is 288 g/mol. The minimum Gasteiger partial charge on any atom is -0.496 e. The summed E-state index contributed by atoms with van der Waals surface area (Å²) in [5.41, 5.74) is 0. The van der Waals surface area contributed by atoms with E-state index in [2.05, 4.69) is 43.3 Å². The van der Waals surface area contributed by atoms with Crippen LogP contribution in [0.15, 0.2) is 41.3 Å². The zero-order valence-electron chi connectivity index (χ0n) is 12.5. The molecular formula is C18H24OS. The minimum absolute atomic E-state index is 1.00. The molecule has 0 aliphatic rings. The van der Waals surface area contributed by atoms with Gasteiger partial charge in [0.15, 0.2) is 0 Å². The van der Waals surface area contributed by atoms with Gasteiger partial charge in [-0.3, -0.25) is 0 Å². The quantitative estimate of drug-likeness (QED) is 0.441. The fraction of sp³-hybridized carbons (Fsp3) is 0.444. The second kappa shape index (κ2) is 8.21. The Balaban J connectivity index is 2.03. The Labute approximate surface area is 126 Å². The highest BCUT2D eigenvalue weighted by Gasteiger charge is 2.08. The topological polar surface area (TPSA) is 9.23 Å². The van der Waals surface area contributed by atoms with Gasteiger partial charge in [-0.15, -0.1) is 11.8 Å². The van der Waals surface area contributed by atoms with Gasteiger partial charge in [-0.1, -0.05) is 62.9 Å². The van der Waals surface area contributed by atoms with Crippen LogP contribution in [0, 0.1) is 0 Å². The van der Waals surface area contributed by atoms with Crippen LogP contribution in [0.4, 0.5) is 0 Å². The third-order valence-electron chi connectivity index (χ3n) is 3.56. The molecule has 2 heteroatoms. The third kappa shape index (κ3) is 3.92. The normalized spacial score (nSPS) is 10.9. The average molecular weight is 288 g/mol. The lowest BCUT2D eigenvalue weighted by Gasteiger charge is -2.11. The van der Waals surface area contributed by atoms with Crippen LogP contribution in [-0.2, 0) is 0 Å². The van der Waals surface area contributed by atoms with Gasteiger partial charge in [0, 0.05) is 0 Å². The second-order valence-corrected chi connectivity index (χ2v) is 6.19. The van der Waals surface area contributed by atoms with Gasteiger partial charge in [-0.05, 0) is 29.0 Å². The van der Waals surface area contributed by atoms with E-state index in [0.29, 0.717) is 0 Å². The average Bonchev–Trinajstić information content (AvgIpc) is 2.50. The summed E-state index contributed by atoms with van der Waals surface area (Å²) >= 11 is 1.93. The Morgan fingerprint density at radius 3 is 2.55 bits per heavy atom. The molecule has 0 amide bonds. The van der Waals surface area contributed by atoms with Gasteiger partial charge >= 0.3 is 0 Å². The van der Waals surface area contributed by atoms with Crippen molar-refractivity contribution in [3.63, 3.8) is 0 Å². The molecule has 2 aromatic rings. The zero-order chi connectivity index (χ0) is 14.2. The first-order valence-electron chi connectivity index (χ1n) is 7.55. The van der Waals surface area contributed by atoms with Crippen LogP contribution in [0.5, 0.6) is 5.75 Å². The number of hydrogen-bond acceptors (Lipinski definition) is 2. The van der Waals surface area contributed by atoms with Gasteiger partial charge in [-0.2, -0.15) is 0 Å². The molecule has 0 saturated carbocycles. The number of thioether (sulfide) groups is 1. The Bertz CT molecular complexity index is 536. The minimum atomic E-state index is 1.00. The summed E-state index contributed by atoms with van der Waals surface area (Å²) in [6.07, 6.45) is 6.67. The number of rotatable bonds is 8. The highest BCUT2D eigenvalue weighted by atomic mass is 32.2. The molecule has 108 valence electrons. The molecule has 0 unspecified atom stereocenters. The van der Waals surface area contributed by atoms with Gasteiger partial charge in [0.05, 0.1) is 12.0 Å². The lowest BCUT2D eigenvalue weighted by molar-refractivity contribution is 0.406. The number of fused-ring (bicyclic) bond motifs is 1. The molecule has 20 heavy (non-hydrogen) atoms. The van der Waals surface area contributed by atoms with E-state index in [-0.39, 0.29) is 0 Å². The van der Waals surface area contributed by atoms with Gasteiger partial charge in [0.25, 0.3) is 0 Å². The molecule has 0 aromatic heterocycles. The summed E-state index contributed by atoms with van der Waals surface area (Å²) in [6.45, 7) is 2.26. The molecule has 1 nitrogen and oxygen atoms in total. The summed E-state index contributed by atoms with van der Waals surface area (Å²) in [5.74, 6) is 2.18. The van der Waals surface area contributed by atoms with E-state index in [4.69, 9.17) is 4.74 Å². The van der Waals surface area contributed by atoms with E-state index >= 15 is 0 Å². The van der Waals surface area contributed by atoms with Crippen LogP contribution in [-0.4, -0.2) is 12.9 Å². The standard InChI is InChI=1S/C18H24OS/c1-3-4-5-6-9-14-20-18-16-11-8-7-10-15(16)12-13-17(18)19-2/h7-8,10-13H,3-6,9,14H2,1-2H3. The molecule has 0 aliphatic carbocycles. The summed E-state index contributed by atoms with van der Waals surface area (Å²) in [5, 5.41) is 2.60. The second-order valence-electron chi connectivity index (χ2n) is 5.08. The van der Waals surface area contributed by atoms with Crippen LogP contribution in [0.2, 0.25) is 0 Å². The van der Waals surface area contributed by atoms with Crippen molar-refractivity contribution in [2.75, 3.05) is 12.9 Å². The molecule has 0 N–H and O–H groups in total. The number of unbranched alkanes of at least 4 members (excludes halogenated alkanes) is 4. The maximum atomic E-state index is 5.53. The van der Waals surface area contributed by atoms with Crippen molar-refractivity contribution in [3.8, 4) is 5.75 Å². The van der Waals surface area contributed by atoms with Crippen LogP contribution in [0.25, 0.3) is 10.8 Å². The smallest absolute Gasteiger partial charge is 0.133 e. The Morgan fingerprint density at radius 2 is 1.75 bits per heavy atom. The molecule has 0 spiro atoms. The van der Waals surface area contributed by atoms with E-state index in [1.807, 2.05) is 11.8 Å². The van der Waals surface area contributed by atoms with E-state index in [1.165, 1.54) is 53.5 Å². The Hall–Kier alpha value is -1.15. The SMILES string of the molecule is CCCCCCCSc1c(OC)ccc2ccccc12. The van der Waals surface area contributed by atoms with E-state index < -0.39 is 0 Å². The third-order valence-corrected chi connectivity index (χ3v) is 4.76. The van der Waals surface area contributed by atoms with Crippen LogP contribution >= 0.6 is 11.8 Å². The van der Waals surface area contributed by atoms with Crippen LogP contribution in [0.1, 0.15) is 39.0 Å². The molecule has 0 atom stereocenters. The number of hydrogen-bond donors (Lipinski definition) is 0. The Kier molecular flexibility index (Phi) is 6.25. The molecule has 0 heterocycles. The first-order chi connectivity index (χ1) is 9.86. The first-order valence-corrected chi connectivity index (χ1v) is 8.54. The van der Waals surface area contributed by atoms with Gasteiger partial charge in [0.1, 0.15) is 5.75 Å². The van der Waals surface area contributed by atoms with Crippen molar-refractivity contribution < 1.29 is 4.74 Å². The molecule has 0 radical (unpaired) electrons. The Morgan fingerprint density at radius 1 is 0.950 bits per heavy atom. The predicted molar refractivity (Wildman–Crippen MR) is 90.0 cm³/mol. The maximum Gasteiger partial charge on any atom is 0.133 e. The van der Waals surface area contributed by atoms with E-state index in [0.717, 1.165) is 5.75 Å². The van der Waals surface area contributed by atoms with E-state index in [9.17, 15) is 0 Å². The van der Waals surface area contributed by atoms with Crippen molar-refractivity contribution in [1.29, 1.82) is 0 Å². The molecule has 0 saturated heterocycles. The molecule has 0 bridgehead atoms. The van der Waals surface area contributed by atoms with Gasteiger partial charge in [-0.25, -0.2) is 0 Å². The van der Waals surface area contributed by atoms with Crippen molar-refractivity contribution in [2.24, 2.45) is 0 Å². The fourth-order valence-corrected chi connectivity index (χ4v) is 3.60. The summed E-state index contributed by atoms with van der Waals surface area (Å²) in [6, 6.07) is 12.8. The molecule has 2 rings (SSSR count). The van der Waals surface area contributed by atoms with Crippen molar-refractivity contribution in [1.82, 2.24) is 0 Å². The lowest BCUT2D eigenvalue weighted by atomic mass is 10.1. The summed E-state index contributed by atoms with van der Waals surface area (Å²) in [7, 11) is 1.76. The zero-order valence-corrected chi connectivity index (χ0v) is 13.3. The number of methoxy groups -OCH3 is 1. The number of benzene rings is 2. The maximum absolute atomic E-state index is 5.53. The summed E-state index contributed by atoms with van der Waals surface area (Å²) < 4.78 is 5.53. The molecule has 2 aromatic carbocycles. The van der Waals surface area contributed by atoms with Gasteiger partial charge < -0.3 is 4.74 Å². The van der Waals surface area contributed by atoms with Crippen molar-refractivity contribution in [3.05, 3.63) is 36.4 Å². The van der Waals surface area contributed by atoms with Gasteiger partial charge in [0.2, 0.25) is 0 Å². The molecule has 0 fully saturated rings. The first kappa shape index (κ1) is 15.2. The van der Waals surface area contributed by atoms with Crippen molar-refractivity contribution in [2.45, 2.75) is 43.9 Å². The fourth-order valence-electron chi connectivity index (χ4n) is 2.41. The van der Waals surface area contributed by atoms with E-state index in [1.54, 1.807) is 7.11 Å².